The van der Waals surface area contributed by atoms with Gasteiger partial charge in [0.1, 0.15) is 5.75 Å². The number of hydrogen-bond donors (Lipinski definition) is 2. The molecule has 0 radical (unpaired) electrons. The number of nitrogens with one attached hydrogen (secondary N) is 2. The summed E-state index contributed by atoms with van der Waals surface area (Å²) in [6, 6.07) is 7.86. The predicted molar refractivity (Wildman–Crippen MR) is 132 cm³/mol. The Labute approximate surface area is 197 Å². The Morgan fingerprint density at radius 1 is 1.09 bits per heavy atom. The second-order valence-corrected chi connectivity index (χ2v) is 10.2. The van der Waals surface area contributed by atoms with Crippen LogP contribution in [0.2, 0.25) is 0 Å². The fraction of sp³-hybridized carbons (Fsp3) is 0.654. The lowest BCUT2D eigenvalue weighted by molar-refractivity contribution is 0.138. The molecule has 4 rings (SSSR count). The van der Waals surface area contributed by atoms with Gasteiger partial charge in [-0.15, -0.1) is 0 Å². The summed E-state index contributed by atoms with van der Waals surface area (Å²) in [4.78, 5) is 20.8. The first kappa shape index (κ1) is 23.9. The van der Waals surface area contributed by atoms with Crippen LogP contribution >= 0.6 is 0 Å². The lowest BCUT2D eigenvalue weighted by Crippen LogP contribution is -2.47. The van der Waals surface area contributed by atoms with E-state index in [-0.39, 0.29) is 6.04 Å². The fourth-order valence-corrected chi connectivity index (χ4v) is 4.70. The zero-order chi connectivity index (χ0) is 23.2. The quantitative estimate of drug-likeness (QED) is 0.613. The molecule has 2 N–H and O–H groups in total. The highest BCUT2D eigenvalue weighted by molar-refractivity contribution is 5.88. The number of carbonyl (C=O) groups excluding carboxylic acids is 1. The molecule has 2 aliphatic rings. The lowest BCUT2D eigenvalue weighted by Gasteiger charge is -2.35. The third-order valence-corrected chi connectivity index (χ3v) is 6.89. The van der Waals surface area contributed by atoms with Crippen LogP contribution in [-0.2, 0) is 0 Å². The highest BCUT2D eigenvalue weighted by atomic mass is 16.6. The zero-order valence-corrected chi connectivity index (χ0v) is 20.4. The summed E-state index contributed by atoms with van der Waals surface area (Å²) in [5.74, 6) is 2.57. The summed E-state index contributed by atoms with van der Waals surface area (Å²) in [7, 11) is 0. The van der Waals surface area contributed by atoms with Crippen molar-refractivity contribution in [2.45, 2.75) is 52.5 Å². The van der Waals surface area contributed by atoms with E-state index in [4.69, 9.17) is 9.47 Å². The third kappa shape index (κ3) is 6.87. The number of aromatic nitrogens is 1. The summed E-state index contributed by atoms with van der Waals surface area (Å²) < 4.78 is 11.5. The molecule has 33 heavy (non-hydrogen) atoms. The van der Waals surface area contributed by atoms with E-state index in [1.165, 1.54) is 25.9 Å². The Morgan fingerprint density at radius 2 is 1.76 bits per heavy atom. The van der Waals surface area contributed by atoms with Gasteiger partial charge in [0.05, 0.1) is 12.1 Å². The molecular weight excluding hydrogens is 416 g/mol. The molecule has 0 bridgehead atoms. The van der Waals surface area contributed by atoms with Gasteiger partial charge in [0.2, 0.25) is 5.88 Å². The second kappa shape index (κ2) is 11.3. The molecule has 7 heteroatoms. The highest BCUT2D eigenvalue weighted by Crippen LogP contribution is 2.29. The number of piperidine rings is 2. The van der Waals surface area contributed by atoms with E-state index in [1.54, 1.807) is 0 Å². The zero-order valence-electron chi connectivity index (χ0n) is 20.4. The topological polar surface area (TPSA) is 69.8 Å². The van der Waals surface area contributed by atoms with Gasteiger partial charge in [-0.1, -0.05) is 26.8 Å². The van der Waals surface area contributed by atoms with Crippen molar-refractivity contribution in [1.29, 1.82) is 0 Å². The van der Waals surface area contributed by atoms with Crippen LogP contribution in [0.1, 0.15) is 46.5 Å². The van der Waals surface area contributed by atoms with Gasteiger partial charge in [-0.3, -0.25) is 0 Å². The maximum atomic E-state index is 12.5. The number of hydrogen-bond acceptors (Lipinski definition) is 5. The minimum absolute atomic E-state index is 0.166. The summed E-state index contributed by atoms with van der Waals surface area (Å²) in [5.41, 5.74) is 0.899. The average molecular weight is 457 g/mol. The van der Waals surface area contributed by atoms with Crippen LogP contribution in [0, 0.1) is 11.8 Å². The van der Waals surface area contributed by atoms with Crippen molar-refractivity contribution < 1.29 is 14.3 Å². The molecule has 1 aromatic carbocycles. The molecule has 2 aliphatic heterocycles. The number of carbonyl (C=O) groups is 1. The fourth-order valence-electron chi connectivity index (χ4n) is 4.70. The number of amides is 1. The molecule has 0 aliphatic carbocycles. The van der Waals surface area contributed by atoms with Crippen LogP contribution in [0.4, 0.5) is 4.79 Å². The standard InChI is InChI=1S/C26H40N4O3/c1-19(2)18-32-24-6-4-5-23-22(24)17-25(28-23)33-26(31)27-21-9-13-30(14-10-21)16-15-29-11-7-20(3)8-12-29/h4-6,17,19-21,28H,7-16,18H2,1-3H3,(H,27,31). The number of ether oxygens (including phenoxy) is 2. The van der Waals surface area contributed by atoms with E-state index in [1.807, 2.05) is 24.3 Å². The van der Waals surface area contributed by atoms with Crippen LogP contribution < -0.4 is 14.8 Å². The van der Waals surface area contributed by atoms with Crippen LogP contribution in [0.15, 0.2) is 24.3 Å². The Hall–Kier alpha value is -2.25. The molecule has 3 heterocycles. The molecule has 2 aromatic rings. The predicted octanol–water partition coefficient (Wildman–Crippen LogP) is 4.49. The average Bonchev–Trinajstić information content (AvgIpc) is 3.21. The second-order valence-electron chi connectivity index (χ2n) is 10.2. The first-order valence-corrected chi connectivity index (χ1v) is 12.6. The SMILES string of the molecule is CC(C)COc1cccc2[nH]c(OC(=O)NC3CCN(CCN4CCC(C)CC4)CC3)cc12. The molecule has 2 saturated heterocycles. The van der Waals surface area contributed by atoms with E-state index in [0.717, 1.165) is 61.6 Å². The van der Waals surface area contributed by atoms with Crippen molar-refractivity contribution in [3.8, 4) is 11.6 Å². The van der Waals surface area contributed by atoms with Crippen molar-refractivity contribution in [3.63, 3.8) is 0 Å². The number of benzene rings is 1. The summed E-state index contributed by atoms with van der Waals surface area (Å²) in [6.07, 6.45) is 4.19. The number of nitrogens with zero attached hydrogens (tertiary/aromatic N) is 2. The number of rotatable bonds is 8. The van der Waals surface area contributed by atoms with Gasteiger partial charge in [-0.25, -0.2) is 4.79 Å². The third-order valence-electron chi connectivity index (χ3n) is 6.89. The van der Waals surface area contributed by atoms with Crippen LogP contribution in [0.5, 0.6) is 11.6 Å². The molecule has 0 saturated carbocycles. The van der Waals surface area contributed by atoms with E-state index in [2.05, 4.69) is 40.9 Å². The molecule has 7 nitrogen and oxygen atoms in total. The first-order valence-electron chi connectivity index (χ1n) is 12.6. The summed E-state index contributed by atoms with van der Waals surface area (Å²) in [6.45, 7) is 14.1. The van der Waals surface area contributed by atoms with Gasteiger partial charge >= 0.3 is 6.09 Å². The van der Waals surface area contributed by atoms with Crippen LogP contribution in [0.3, 0.4) is 0 Å². The molecule has 0 atom stereocenters. The Bertz CT molecular complexity index is 896. The smallest absolute Gasteiger partial charge is 0.414 e. The van der Waals surface area contributed by atoms with Gasteiger partial charge in [-0.05, 0) is 62.7 Å². The number of likely N-dealkylation sites (tertiary alicyclic amines) is 2. The maximum Gasteiger partial charge on any atom is 0.414 e. The molecular formula is C26H40N4O3. The van der Waals surface area contributed by atoms with Gasteiger partial charge < -0.3 is 29.6 Å². The molecule has 0 spiro atoms. The summed E-state index contributed by atoms with van der Waals surface area (Å²) >= 11 is 0. The van der Waals surface area contributed by atoms with Crippen molar-refractivity contribution in [2.75, 3.05) is 45.9 Å². The van der Waals surface area contributed by atoms with E-state index in [9.17, 15) is 4.79 Å². The van der Waals surface area contributed by atoms with Crippen molar-refractivity contribution in [3.05, 3.63) is 24.3 Å². The highest BCUT2D eigenvalue weighted by Gasteiger charge is 2.23. The van der Waals surface area contributed by atoms with Crippen molar-refractivity contribution in [1.82, 2.24) is 20.1 Å². The largest absolute Gasteiger partial charge is 0.493 e. The molecule has 1 amide bonds. The number of fused-ring (bicyclic) bond motifs is 1. The number of H-pyrrole nitrogens is 1. The Balaban J connectivity index is 1.20. The van der Waals surface area contributed by atoms with Gasteiger partial charge in [-0.2, -0.15) is 0 Å². The van der Waals surface area contributed by atoms with E-state index in [0.29, 0.717) is 18.4 Å². The molecule has 2 fully saturated rings. The van der Waals surface area contributed by atoms with Crippen molar-refractivity contribution >= 4 is 17.0 Å². The number of aromatic amines is 1. The van der Waals surface area contributed by atoms with E-state index >= 15 is 0 Å². The van der Waals surface area contributed by atoms with Crippen molar-refractivity contribution in [2.24, 2.45) is 11.8 Å². The van der Waals surface area contributed by atoms with E-state index < -0.39 is 6.09 Å². The monoisotopic (exact) mass is 456 g/mol. The maximum absolute atomic E-state index is 12.5. The molecule has 1 aromatic heterocycles. The lowest BCUT2D eigenvalue weighted by atomic mass is 9.99. The molecule has 0 unspecified atom stereocenters. The van der Waals surface area contributed by atoms with Gasteiger partial charge in [0, 0.05) is 43.7 Å². The minimum Gasteiger partial charge on any atom is -0.493 e. The van der Waals surface area contributed by atoms with Gasteiger partial charge in [0.15, 0.2) is 0 Å². The first-order chi connectivity index (χ1) is 16.0. The minimum atomic E-state index is -0.396. The van der Waals surface area contributed by atoms with Crippen LogP contribution in [-0.4, -0.2) is 72.8 Å². The molecule has 182 valence electrons. The van der Waals surface area contributed by atoms with Crippen LogP contribution in [0.25, 0.3) is 10.9 Å². The summed E-state index contributed by atoms with van der Waals surface area (Å²) in [5, 5.41) is 3.98. The van der Waals surface area contributed by atoms with Gasteiger partial charge in [0.25, 0.3) is 0 Å². The Morgan fingerprint density at radius 3 is 2.42 bits per heavy atom. The Kier molecular flexibility index (Phi) is 8.15. The normalized spacial score (nSPS) is 19.3.